The summed E-state index contributed by atoms with van der Waals surface area (Å²) in [5.41, 5.74) is 6.99. The van der Waals surface area contributed by atoms with E-state index in [-0.39, 0.29) is 0 Å². The van der Waals surface area contributed by atoms with Gasteiger partial charge in [0.2, 0.25) is 0 Å². The molecule has 6 rings (SSSR count). The molecule has 0 amide bonds. The van der Waals surface area contributed by atoms with Crippen molar-refractivity contribution in [2.45, 2.75) is 58.2 Å². The maximum Gasteiger partial charge on any atom is 0.146 e. The van der Waals surface area contributed by atoms with Gasteiger partial charge in [0.05, 0.1) is 9.40 Å². The highest BCUT2D eigenvalue weighted by molar-refractivity contribution is 7.36. The molecule has 0 unspecified atom stereocenters. The number of hydrogen-bond acceptors (Lipinski definition) is 2. The molecule has 0 nitrogen and oxygen atoms in total. The highest BCUT2D eigenvalue weighted by atomic mass is 32.1. The average Bonchev–Trinajstić information content (AvgIpc) is 3.36. The Balaban J connectivity index is 1.49. The van der Waals surface area contributed by atoms with Gasteiger partial charge >= 0.3 is 0 Å². The Kier molecular flexibility index (Phi) is 5.76. The molecule has 0 N–H and O–H groups in total. The SMILES string of the molecule is CC(C)[Si](C#Cc1ccc2cc3c(cc2c1)sc1c2cc4ccccc4cc2sc31)(C(C)C)C(C)C. The third-order valence-corrected chi connectivity index (χ3v) is 17.0. The highest BCUT2D eigenvalue weighted by Gasteiger charge is 2.41. The van der Waals surface area contributed by atoms with Crippen LogP contribution in [0.15, 0.2) is 66.7 Å². The lowest BCUT2D eigenvalue weighted by Crippen LogP contribution is -2.43. The van der Waals surface area contributed by atoms with E-state index in [1.54, 1.807) is 0 Å². The normalized spacial score (nSPS) is 12.7. The van der Waals surface area contributed by atoms with Crippen molar-refractivity contribution in [3.8, 4) is 11.5 Å². The van der Waals surface area contributed by atoms with E-state index in [2.05, 4.69) is 120 Å². The third-order valence-electron chi connectivity index (χ3n) is 8.20. The van der Waals surface area contributed by atoms with Gasteiger partial charge in [-0.15, -0.1) is 28.2 Å². The second kappa shape index (κ2) is 8.73. The fourth-order valence-electron chi connectivity index (χ4n) is 6.38. The first-order valence-corrected chi connectivity index (χ1v) is 16.9. The van der Waals surface area contributed by atoms with Crippen molar-refractivity contribution in [3.05, 3.63) is 72.3 Å². The summed E-state index contributed by atoms with van der Waals surface area (Å²) in [7, 11) is -1.74. The summed E-state index contributed by atoms with van der Waals surface area (Å²) in [5.74, 6) is 3.65. The zero-order chi connectivity index (χ0) is 25.2. The van der Waals surface area contributed by atoms with Crippen molar-refractivity contribution >= 4 is 81.9 Å². The minimum absolute atomic E-state index is 0.649. The Morgan fingerprint density at radius 1 is 0.583 bits per heavy atom. The lowest BCUT2D eigenvalue weighted by atomic mass is 10.1. The molecule has 0 aliphatic carbocycles. The Bertz CT molecular complexity index is 1810. The summed E-state index contributed by atoms with van der Waals surface area (Å²) >= 11 is 3.87. The Hall–Kier alpha value is -2.64. The molecule has 180 valence electrons. The van der Waals surface area contributed by atoms with Crippen LogP contribution < -0.4 is 0 Å². The molecule has 6 aromatic rings. The van der Waals surface area contributed by atoms with Crippen LogP contribution in [-0.4, -0.2) is 8.07 Å². The second-order valence-corrected chi connectivity index (χ2v) is 18.8. The maximum atomic E-state index is 3.89. The Morgan fingerprint density at radius 2 is 1.08 bits per heavy atom. The van der Waals surface area contributed by atoms with Crippen molar-refractivity contribution in [1.82, 2.24) is 0 Å². The summed E-state index contributed by atoms with van der Waals surface area (Å²) in [6, 6.07) is 25.0. The summed E-state index contributed by atoms with van der Waals surface area (Å²) in [6.45, 7) is 14.3. The van der Waals surface area contributed by atoms with Crippen LogP contribution in [0.2, 0.25) is 16.6 Å². The van der Waals surface area contributed by atoms with Crippen LogP contribution in [0.4, 0.5) is 0 Å². The molecule has 2 aromatic heterocycles. The van der Waals surface area contributed by atoms with Gasteiger partial charge in [-0.1, -0.05) is 77.8 Å². The van der Waals surface area contributed by atoms with Crippen molar-refractivity contribution in [1.29, 1.82) is 0 Å². The van der Waals surface area contributed by atoms with Crippen molar-refractivity contribution in [2.24, 2.45) is 0 Å². The van der Waals surface area contributed by atoms with Crippen LogP contribution in [0.3, 0.4) is 0 Å². The molecule has 4 aromatic carbocycles. The average molecular weight is 521 g/mol. The number of hydrogen-bond donors (Lipinski definition) is 0. The lowest BCUT2D eigenvalue weighted by Gasteiger charge is -2.38. The molecular weight excluding hydrogens is 489 g/mol. The van der Waals surface area contributed by atoms with Crippen LogP contribution >= 0.6 is 22.7 Å². The largest absolute Gasteiger partial charge is 0.146 e. The maximum absolute atomic E-state index is 3.89. The molecule has 0 saturated heterocycles. The van der Waals surface area contributed by atoms with Gasteiger partial charge in [-0.25, -0.2) is 0 Å². The minimum Gasteiger partial charge on any atom is -0.134 e. The first kappa shape index (κ1) is 23.7. The Morgan fingerprint density at radius 3 is 1.64 bits per heavy atom. The van der Waals surface area contributed by atoms with Crippen molar-refractivity contribution in [2.75, 3.05) is 0 Å². The zero-order valence-electron chi connectivity index (χ0n) is 21.9. The van der Waals surface area contributed by atoms with E-state index in [4.69, 9.17) is 0 Å². The molecule has 0 aliphatic rings. The summed E-state index contributed by atoms with van der Waals surface area (Å²) in [4.78, 5) is 0. The van der Waals surface area contributed by atoms with Crippen LogP contribution in [0.1, 0.15) is 47.1 Å². The van der Waals surface area contributed by atoms with E-state index in [1.165, 1.54) is 51.1 Å². The molecule has 36 heavy (non-hydrogen) atoms. The van der Waals surface area contributed by atoms with Gasteiger partial charge in [0.15, 0.2) is 0 Å². The Labute approximate surface area is 223 Å². The first-order valence-electron chi connectivity index (χ1n) is 13.0. The highest BCUT2D eigenvalue weighted by Crippen LogP contribution is 2.46. The first-order chi connectivity index (χ1) is 17.3. The van der Waals surface area contributed by atoms with Gasteiger partial charge in [0, 0.05) is 25.7 Å². The summed E-state index contributed by atoms with van der Waals surface area (Å²) < 4.78 is 5.61. The molecule has 0 atom stereocenters. The van der Waals surface area contributed by atoms with Crippen molar-refractivity contribution < 1.29 is 0 Å². The van der Waals surface area contributed by atoms with Crippen molar-refractivity contribution in [3.63, 3.8) is 0 Å². The van der Waals surface area contributed by atoms with Crippen LogP contribution in [0.5, 0.6) is 0 Å². The van der Waals surface area contributed by atoms with Gasteiger partial charge < -0.3 is 0 Å². The quantitative estimate of drug-likeness (QED) is 0.161. The minimum atomic E-state index is -1.74. The van der Waals surface area contributed by atoms with Gasteiger partial charge in [-0.05, 0) is 74.6 Å². The smallest absolute Gasteiger partial charge is 0.134 e. The predicted molar refractivity (Wildman–Crippen MR) is 168 cm³/mol. The molecule has 2 heterocycles. The number of fused-ring (bicyclic) bond motifs is 7. The third kappa shape index (κ3) is 3.62. The van der Waals surface area contributed by atoms with E-state index in [9.17, 15) is 0 Å². The lowest BCUT2D eigenvalue weighted by molar-refractivity contribution is 0.838. The fourth-order valence-corrected chi connectivity index (χ4v) is 14.3. The van der Waals surface area contributed by atoms with Gasteiger partial charge in [0.25, 0.3) is 0 Å². The molecule has 0 bridgehead atoms. The monoisotopic (exact) mass is 520 g/mol. The zero-order valence-corrected chi connectivity index (χ0v) is 24.5. The van der Waals surface area contributed by atoms with Gasteiger partial charge in [-0.3, -0.25) is 0 Å². The molecule has 0 fully saturated rings. The van der Waals surface area contributed by atoms with E-state index in [0.29, 0.717) is 16.6 Å². The summed E-state index contributed by atoms with van der Waals surface area (Å²) in [5, 5.41) is 8.01. The number of thiophene rings is 2. The van der Waals surface area contributed by atoms with E-state index >= 15 is 0 Å². The number of benzene rings is 4. The molecule has 3 heteroatoms. The summed E-state index contributed by atoms with van der Waals surface area (Å²) in [6.07, 6.45) is 0. The van der Waals surface area contributed by atoms with Gasteiger partial charge in [-0.2, -0.15) is 0 Å². The molecular formula is C33H32S2Si. The van der Waals surface area contributed by atoms with Gasteiger partial charge in [0.1, 0.15) is 8.07 Å². The topological polar surface area (TPSA) is 0 Å². The van der Waals surface area contributed by atoms with Crippen LogP contribution in [0, 0.1) is 11.5 Å². The van der Waals surface area contributed by atoms with E-state index in [1.807, 2.05) is 22.7 Å². The predicted octanol–water partition coefficient (Wildman–Crippen LogP) is 11.1. The standard InChI is InChI=1S/C33H32S2Si/c1-20(2)36(21(3)4,22(5)6)14-13-23-11-12-26-17-29-31(19-27(26)15-23)35-32-28-16-24-9-7-8-10-25(24)18-30(28)34-33(29)32/h7-12,15-22H,1-6H3. The second-order valence-electron chi connectivity index (χ2n) is 11.1. The van der Waals surface area contributed by atoms with Crippen LogP contribution in [-0.2, 0) is 0 Å². The van der Waals surface area contributed by atoms with E-state index < -0.39 is 8.07 Å². The molecule has 0 aliphatic heterocycles. The number of rotatable bonds is 3. The van der Waals surface area contributed by atoms with Crippen LogP contribution in [0.25, 0.3) is 51.1 Å². The molecule has 0 saturated carbocycles. The molecule has 0 radical (unpaired) electrons. The van der Waals surface area contributed by atoms with E-state index in [0.717, 1.165) is 5.56 Å². The fraction of sp³-hybridized carbons (Fsp3) is 0.273. The molecule has 0 spiro atoms.